The molecular weight excluding hydrogens is 276 g/mol. The van der Waals surface area contributed by atoms with Gasteiger partial charge in [-0.15, -0.1) is 0 Å². The van der Waals surface area contributed by atoms with Crippen molar-refractivity contribution < 1.29 is 14.3 Å². The number of urea groups is 1. The SMILES string of the molecule is O=C(NCc1ccc2c(c1)OCCO2)N1CCSCC1. The van der Waals surface area contributed by atoms with Crippen LogP contribution >= 0.6 is 11.8 Å². The summed E-state index contributed by atoms with van der Waals surface area (Å²) in [6, 6.07) is 5.80. The Hall–Kier alpha value is -1.56. The van der Waals surface area contributed by atoms with Gasteiger partial charge in [-0.1, -0.05) is 6.07 Å². The molecule has 108 valence electrons. The van der Waals surface area contributed by atoms with E-state index in [0.717, 1.165) is 41.7 Å². The van der Waals surface area contributed by atoms with Crippen molar-refractivity contribution in [1.82, 2.24) is 10.2 Å². The fourth-order valence-electron chi connectivity index (χ4n) is 2.25. The number of nitrogens with one attached hydrogen (secondary N) is 1. The Morgan fingerprint density at radius 2 is 1.95 bits per heavy atom. The van der Waals surface area contributed by atoms with Crippen molar-refractivity contribution in [3.8, 4) is 11.5 Å². The summed E-state index contributed by atoms with van der Waals surface area (Å²) in [5, 5.41) is 2.96. The normalized spacial score (nSPS) is 17.7. The molecule has 1 fully saturated rings. The number of rotatable bonds is 2. The lowest BCUT2D eigenvalue weighted by Gasteiger charge is -2.26. The summed E-state index contributed by atoms with van der Waals surface area (Å²) in [6.07, 6.45) is 0. The highest BCUT2D eigenvalue weighted by Crippen LogP contribution is 2.30. The lowest BCUT2D eigenvalue weighted by Crippen LogP contribution is -2.44. The van der Waals surface area contributed by atoms with E-state index in [4.69, 9.17) is 9.47 Å². The van der Waals surface area contributed by atoms with Gasteiger partial charge in [0.2, 0.25) is 0 Å². The number of amides is 2. The summed E-state index contributed by atoms with van der Waals surface area (Å²) >= 11 is 1.89. The number of benzene rings is 1. The van der Waals surface area contributed by atoms with Crippen LogP contribution in [0.5, 0.6) is 11.5 Å². The largest absolute Gasteiger partial charge is 0.486 e. The van der Waals surface area contributed by atoms with Crippen LogP contribution in [0.1, 0.15) is 5.56 Å². The van der Waals surface area contributed by atoms with Gasteiger partial charge in [-0.2, -0.15) is 11.8 Å². The predicted molar refractivity (Wildman–Crippen MR) is 78.6 cm³/mol. The van der Waals surface area contributed by atoms with Crippen LogP contribution in [0.2, 0.25) is 0 Å². The molecule has 0 aliphatic carbocycles. The zero-order chi connectivity index (χ0) is 13.8. The maximum Gasteiger partial charge on any atom is 0.317 e. The van der Waals surface area contributed by atoms with E-state index >= 15 is 0 Å². The Morgan fingerprint density at radius 1 is 1.20 bits per heavy atom. The number of thioether (sulfide) groups is 1. The average molecular weight is 294 g/mol. The van der Waals surface area contributed by atoms with Gasteiger partial charge >= 0.3 is 6.03 Å². The summed E-state index contributed by atoms with van der Waals surface area (Å²) in [6.45, 7) is 3.35. The number of fused-ring (bicyclic) bond motifs is 1. The molecule has 1 aromatic rings. The van der Waals surface area contributed by atoms with Gasteiger partial charge in [-0.05, 0) is 17.7 Å². The topological polar surface area (TPSA) is 50.8 Å². The van der Waals surface area contributed by atoms with Crippen molar-refractivity contribution in [2.45, 2.75) is 6.54 Å². The highest BCUT2D eigenvalue weighted by atomic mass is 32.2. The van der Waals surface area contributed by atoms with Crippen molar-refractivity contribution in [3.63, 3.8) is 0 Å². The molecule has 0 bridgehead atoms. The fraction of sp³-hybridized carbons (Fsp3) is 0.500. The van der Waals surface area contributed by atoms with Crippen LogP contribution in [0.3, 0.4) is 0 Å². The molecule has 1 saturated heterocycles. The number of carbonyl (C=O) groups is 1. The quantitative estimate of drug-likeness (QED) is 0.902. The van der Waals surface area contributed by atoms with E-state index in [1.807, 2.05) is 34.9 Å². The van der Waals surface area contributed by atoms with E-state index in [0.29, 0.717) is 19.8 Å². The molecule has 20 heavy (non-hydrogen) atoms. The molecule has 0 unspecified atom stereocenters. The molecular formula is C14H18N2O3S. The fourth-order valence-corrected chi connectivity index (χ4v) is 3.16. The van der Waals surface area contributed by atoms with Crippen LogP contribution in [0.15, 0.2) is 18.2 Å². The maximum atomic E-state index is 12.0. The first-order valence-electron chi connectivity index (χ1n) is 6.82. The molecule has 6 heteroatoms. The minimum atomic E-state index is 0.0141. The molecule has 2 aliphatic rings. The molecule has 0 atom stereocenters. The Kier molecular flexibility index (Phi) is 4.20. The second-order valence-electron chi connectivity index (χ2n) is 4.74. The van der Waals surface area contributed by atoms with E-state index < -0.39 is 0 Å². The van der Waals surface area contributed by atoms with E-state index in [2.05, 4.69) is 5.32 Å². The van der Waals surface area contributed by atoms with E-state index in [9.17, 15) is 4.79 Å². The van der Waals surface area contributed by atoms with Gasteiger partial charge in [-0.3, -0.25) is 0 Å². The van der Waals surface area contributed by atoms with E-state index in [-0.39, 0.29) is 6.03 Å². The molecule has 2 amide bonds. The van der Waals surface area contributed by atoms with Crippen molar-refractivity contribution in [2.24, 2.45) is 0 Å². The second kappa shape index (κ2) is 6.26. The van der Waals surface area contributed by atoms with Gasteiger partial charge in [0.15, 0.2) is 11.5 Å². The van der Waals surface area contributed by atoms with Crippen LogP contribution in [-0.2, 0) is 6.54 Å². The Balaban J connectivity index is 1.56. The second-order valence-corrected chi connectivity index (χ2v) is 5.96. The molecule has 0 aromatic heterocycles. The number of hydrogen-bond acceptors (Lipinski definition) is 4. The lowest BCUT2D eigenvalue weighted by molar-refractivity contribution is 0.171. The third-order valence-corrected chi connectivity index (χ3v) is 4.29. The number of carbonyl (C=O) groups excluding carboxylic acids is 1. The van der Waals surface area contributed by atoms with Crippen LogP contribution in [0.25, 0.3) is 0 Å². The first kappa shape index (κ1) is 13.4. The van der Waals surface area contributed by atoms with E-state index in [1.165, 1.54) is 0 Å². The summed E-state index contributed by atoms with van der Waals surface area (Å²) < 4.78 is 11.0. The van der Waals surface area contributed by atoms with Gasteiger partial charge in [0.1, 0.15) is 13.2 Å². The van der Waals surface area contributed by atoms with Crippen LogP contribution in [0.4, 0.5) is 4.79 Å². The average Bonchev–Trinajstić information content (AvgIpc) is 2.53. The van der Waals surface area contributed by atoms with Crippen molar-refractivity contribution >= 4 is 17.8 Å². The summed E-state index contributed by atoms with van der Waals surface area (Å²) in [5.74, 6) is 3.59. The molecule has 2 heterocycles. The third-order valence-electron chi connectivity index (χ3n) is 3.35. The molecule has 0 spiro atoms. The molecule has 1 aromatic carbocycles. The first-order chi connectivity index (χ1) is 9.83. The maximum absolute atomic E-state index is 12.0. The Morgan fingerprint density at radius 3 is 2.75 bits per heavy atom. The van der Waals surface area contributed by atoms with Crippen LogP contribution < -0.4 is 14.8 Å². The standard InChI is InChI=1S/C14H18N2O3S/c17-14(16-3-7-20-8-4-16)15-10-11-1-2-12-13(9-11)19-6-5-18-12/h1-2,9H,3-8,10H2,(H,15,17). The number of ether oxygens (including phenoxy) is 2. The Bertz CT molecular complexity index is 489. The van der Waals surface area contributed by atoms with Gasteiger partial charge in [0.05, 0.1) is 0 Å². The third kappa shape index (κ3) is 3.12. The molecule has 0 radical (unpaired) electrons. The molecule has 1 N–H and O–H groups in total. The summed E-state index contributed by atoms with van der Waals surface area (Å²) in [5.41, 5.74) is 1.02. The summed E-state index contributed by atoms with van der Waals surface area (Å²) in [7, 11) is 0. The zero-order valence-corrected chi connectivity index (χ0v) is 12.1. The van der Waals surface area contributed by atoms with Gasteiger partial charge in [0.25, 0.3) is 0 Å². The molecule has 5 nitrogen and oxygen atoms in total. The Labute approximate surface area is 122 Å². The van der Waals surface area contributed by atoms with Crippen LogP contribution in [0, 0.1) is 0 Å². The van der Waals surface area contributed by atoms with E-state index in [1.54, 1.807) is 0 Å². The predicted octanol–water partition coefficient (Wildman–Crippen LogP) is 1.72. The molecule has 2 aliphatic heterocycles. The van der Waals surface area contributed by atoms with Gasteiger partial charge in [0, 0.05) is 31.1 Å². The number of hydrogen-bond donors (Lipinski definition) is 1. The van der Waals surface area contributed by atoms with Crippen molar-refractivity contribution in [2.75, 3.05) is 37.8 Å². The monoisotopic (exact) mass is 294 g/mol. The minimum Gasteiger partial charge on any atom is -0.486 e. The summed E-state index contributed by atoms with van der Waals surface area (Å²) in [4.78, 5) is 13.9. The van der Waals surface area contributed by atoms with Gasteiger partial charge < -0.3 is 19.7 Å². The first-order valence-corrected chi connectivity index (χ1v) is 7.97. The molecule has 3 rings (SSSR count). The van der Waals surface area contributed by atoms with Crippen molar-refractivity contribution in [1.29, 1.82) is 0 Å². The smallest absolute Gasteiger partial charge is 0.317 e. The zero-order valence-electron chi connectivity index (χ0n) is 11.3. The van der Waals surface area contributed by atoms with Crippen LogP contribution in [-0.4, -0.2) is 48.7 Å². The van der Waals surface area contributed by atoms with Gasteiger partial charge in [-0.25, -0.2) is 4.79 Å². The highest BCUT2D eigenvalue weighted by molar-refractivity contribution is 7.99. The minimum absolute atomic E-state index is 0.0141. The highest BCUT2D eigenvalue weighted by Gasteiger charge is 2.17. The van der Waals surface area contributed by atoms with Crippen molar-refractivity contribution in [3.05, 3.63) is 23.8 Å². The number of nitrogens with zero attached hydrogens (tertiary/aromatic N) is 1. The lowest BCUT2D eigenvalue weighted by atomic mass is 10.2. The molecule has 0 saturated carbocycles.